The molecule has 0 fully saturated rings. The molecule has 0 aliphatic heterocycles. The van der Waals surface area contributed by atoms with Crippen LogP contribution < -0.4 is 10.9 Å². The van der Waals surface area contributed by atoms with Gasteiger partial charge in [0, 0.05) is 11.4 Å². The average Bonchev–Trinajstić information content (AvgIpc) is 2.93. The molecule has 0 radical (unpaired) electrons. The van der Waals surface area contributed by atoms with E-state index < -0.39 is 0 Å². The van der Waals surface area contributed by atoms with Crippen molar-refractivity contribution in [3.63, 3.8) is 0 Å². The normalized spacial score (nSPS) is 17.0. The second kappa shape index (κ2) is 5.98. The van der Waals surface area contributed by atoms with Crippen LogP contribution in [0.5, 0.6) is 0 Å². The Bertz CT molecular complexity index is 944. The summed E-state index contributed by atoms with van der Waals surface area (Å²) in [7, 11) is 0. The lowest BCUT2D eigenvalue weighted by molar-refractivity contribution is 0.509. The average molecular weight is 341 g/mol. The highest BCUT2D eigenvalue weighted by atomic mass is 32.1. The Morgan fingerprint density at radius 1 is 1.38 bits per heavy atom. The molecule has 0 spiro atoms. The van der Waals surface area contributed by atoms with Crippen molar-refractivity contribution in [2.45, 2.75) is 33.1 Å². The van der Waals surface area contributed by atoms with Crippen molar-refractivity contribution >= 4 is 27.4 Å². The number of rotatable bonds is 3. The minimum Gasteiger partial charge on any atom is -0.369 e. The monoisotopic (exact) mass is 341 g/mol. The molecule has 1 unspecified atom stereocenters. The van der Waals surface area contributed by atoms with Gasteiger partial charge in [0.1, 0.15) is 16.3 Å². The van der Waals surface area contributed by atoms with Gasteiger partial charge in [0.2, 0.25) is 0 Å². The van der Waals surface area contributed by atoms with Gasteiger partial charge in [0.05, 0.1) is 17.8 Å². The SMILES string of the molecule is CCNc1cnc(-c2nc3sc4c(c3c(=O)[nH]2)CCC(C)C4)cn1. The Balaban J connectivity index is 1.79. The van der Waals surface area contributed by atoms with Crippen molar-refractivity contribution in [3.8, 4) is 11.5 Å². The number of aromatic amines is 1. The molecule has 3 aromatic heterocycles. The number of aryl methyl sites for hydroxylation is 1. The van der Waals surface area contributed by atoms with Crippen LogP contribution in [0, 0.1) is 5.92 Å². The summed E-state index contributed by atoms with van der Waals surface area (Å²) in [5, 5.41) is 3.87. The Morgan fingerprint density at radius 3 is 3.00 bits per heavy atom. The standard InChI is InChI=1S/C17H19N5OS/c1-3-18-13-8-19-11(7-20-13)15-21-16(23)14-10-5-4-9(2)6-12(10)24-17(14)22-15/h7-9H,3-6H2,1-2H3,(H,18,20)(H,21,22,23). The zero-order valence-corrected chi connectivity index (χ0v) is 14.5. The molecule has 3 aromatic rings. The van der Waals surface area contributed by atoms with E-state index in [-0.39, 0.29) is 5.56 Å². The lowest BCUT2D eigenvalue weighted by atomic mass is 9.89. The van der Waals surface area contributed by atoms with E-state index in [1.165, 1.54) is 10.4 Å². The van der Waals surface area contributed by atoms with E-state index in [0.29, 0.717) is 23.3 Å². The first-order valence-corrected chi connectivity index (χ1v) is 9.08. The summed E-state index contributed by atoms with van der Waals surface area (Å²) in [6.07, 6.45) is 6.44. The van der Waals surface area contributed by atoms with Crippen LogP contribution in [0.15, 0.2) is 17.2 Å². The van der Waals surface area contributed by atoms with E-state index in [4.69, 9.17) is 0 Å². The van der Waals surface area contributed by atoms with Gasteiger partial charge in [-0.25, -0.2) is 15.0 Å². The van der Waals surface area contributed by atoms with Crippen molar-refractivity contribution in [2.24, 2.45) is 5.92 Å². The lowest BCUT2D eigenvalue weighted by Gasteiger charge is -2.17. The molecule has 24 heavy (non-hydrogen) atoms. The van der Waals surface area contributed by atoms with Crippen molar-refractivity contribution in [3.05, 3.63) is 33.2 Å². The van der Waals surface area contributed by atoms with Gasteiger partial charge in [-0.3, -0.25) is 4.79 Å². The van der Waals surface area contributed by atoms with Gasteiger partial charge >= 0.3 is 0 Å². The van der Waals surface area contributed by atoms with E-state index in [9.17, 15) is 4.79 Å². The van der Waals surface area contributed by atoms with Gasteiger partial charge in [-0.15, -0.1) is 11.3 Å². The molecule has 0 saturated carbocycles. The number of thiophene rings is 1. The first-order chi connectivity index (χ1) is 11.7. The second-order valence-corrected chi connectivity index (χ2v) is 7.35. The van der Waals surface area contributed by atoms with Crippen molar-refractivity contribution < 1.29 is 0 Å². The van der Waals surface area contributed by atoms with Crippen LogP contribution in [0.3, 0.4) is 0 Å². The number of aromatic nitrogens is 4. The second-order valence-electron chi connectivity index (χ2n) is 6.26. The predicted octanol–water partition coefficient (Wildman–Crippen LogP) is 3.00. The number of hydrogen-bond acceptors (Lipinski definition) is 6. The maximum atomic E-state index is 12.6. The van der Waals surface area contributed by atoms with E-state index in [1.54, 1.807) is 23.7 Å². The first-order valence-electron chi connectivity index (χ1n) is 8.26. The first kappa shape index (κ1) is 15.3. The number of hydrogen-bond donors (Lipinski definition) is 2. The third-order valence-electron chi connectivity index (χ3n) is 4.42. The van der Waals surface area contributed by atoms with Crippen LogP contribution in [-0.2, 0) is 12.8 Å². The molecule has 4 rings (SSSR count). The van der Waals surface area contributed by atoms with Crippen LogP contribution in [-0.4, -0.2) is 26.5 Å². The molecule has 0 bridgehead atoms. The molecule has 1 atom stereocenters. The highest BCUT2D eigenvalue weighted by Crippen LogP contribution is 2.36. The number of nitrogens with one attached hydrogen (secondary N) is 2. The molecule has 124 valence electrons. The smallest absolute Gasteiger partial charge is 0.260 e. The molecule has 6 nitrogen and oxygen atoms in total. The number of H-pyrrole nitrogens is 1. The molecular weight excluding hydrogens is 322 g/mol. The highest BCUT2D eigenvalue weighted by Gasteiger charge is 2.23. The molecule has 3 heterocycles. The molecule has 0 amide bonds. The molecule has 0 aromatic carbocycles. The zero-order chi connectivity index (χ0) is 16.7. The fourth-order valence-corrected chi connectivity index (χ4v) is 4.58. The van der Waals surface area contributed by atoms with Crippen LogP contribution >= 0.6 is 11.3 Å². The summed E-state index contributed by atoms with van der Waals surface area (Å²) in [6.45, 7) is 5.05. The summed E-state index contributed by atoms with van der Waals surface area (Å²) in [6, 6.07) is 0. The van der Waals surface area contributed by atoms with Gasteiger partial charge < -0.3 is 10.3 Å². The largest absolute Gasteiger partial charge is 0.369 e. The maximum Gasteiger partial charge on any atom is 0.260 e. The van der Waals surface area contributed by atoms with Gasteiger partial charge in [-0.2, -0.15) is 0 Å². The summed E-state index contributed by atoms with van der Waals surface area (Å²) in [5.74, 6) is 1.87. The quantitative estimate of drug-likeness (QED) is 0.765. The van der Waals surface area contributed by atoms with E-state index in [0.717, 1.165) is 36.0 Å². The van der Waals surface area contributed by atoms with E-state index in [1.807, 2.05) is 6.92 Å². The van der Waals surface area contributed by atoms with Crippen molar-refractivity contribution in [1.29, 1.82) is 0 Å². The van der Waals surface area contributed by atoms with Crippen LogP contribution in [0.2, 0.25) is 0 Å². The Labute approximate surface area is 143 Å². The zero-order valence-electron chi connectivity index (χ0n) is 13.7. The van der Waals surface area contributed by atoms with E-state index >= 15 is 0 Å². The Morgan fingerprint density at radius 2 is 2.25 bits per heavy atom. The Kier molecular flexibility index (Phi) is 3.80. The number of nitrogens with zero attached hydrogens (tertiary/aromatic N) is 3. The molecule has 1 aliphatic carbocycles. The maximum absolute atomic E-state index is 12.6. The van der Waals surface area contributed by atoms with Gasteiger partial charge in [-0.05, 0) is 37.7 Å². The van der Waals surface area contributed by atoms with Crippen molar-refractivity contribution in [1.82, 2.24) is 19.9 Å². The van der Waals surface area contributed by atoms with Crippen molar-refractivity contribution in [2.75, 3.05) is 11.9 Å². The minimum absolute atomic E-state index is 0.0698. The molecular formula is C17H19N5OS. The van der Waals surface area contributed by atoms with Crippen LogP contribution in [0.25, 0.3) is 21.7 Å². The highest BCUT2D eigenvalue weighted by molar-refractivity contribution is 7.18. The van der Waals surface area contributed by atoms with Crippen LogP contribution in [0.4, 0.5) is 5.82 Å². The molecule has 7 heteroatoms. The third-order valence-corrected chi connectivity index (χ3v) is 5.57. The number of fused-ring (bicyclic) bond motifs is 3. The number of anilines is 1. The summed E-state index contributed by atoms with van der Waals surface area (Å²) in [5.41, 5.74) is 1.71. The Hall–Kier alpha value is -2.28. The van der Waals surface area contributed by atoms with Gasteiger partial charge in [0.25, 0.3) is 5.56 Å². The molecule has 2 N–H and O–H groups in total. The summed E-state index contributed by atoms with van der Waals surface area (Å²) >= 11 is 1.65. The van der Waals surface area contributed by atoms with Gasteiger partial charge in [-0.1, -0.05) is 6.92 Å². The molecule has 1 aliphatic rings. The predicted molar refractivity (Wildman–Crippen MR) is 96.6 cm³/mol. The third kappa shape index (κ3) is 2.58. The molecule has 0 saturated heterocycles. The van der Waals surface area contributed by atoms with Crippen LogP contribution in [0.1, 0.15) is 30.7 Å². The fraction of sp³-hybridized carbons (Fsp3) is 0.412. The minimum atomic E-state index is -0.0698. The summed E-state index contributed by atoms with van der Waals surface area (Å²) < 4.78 is 0. The van der Waals surface area contributed by atoms with E-state index in [2.05, 4.69) is 32.2 Å². The van der Waals surface area contributed by atoms with Gasteiger partial charge in [0.15, 0.2) is 5.82 Å². The topological polar surface area (TPSA) is 83.6 Å². The lowest BCUT2D eigenvalue weighted by Crippen LogP contribution is -2.13. The summed E-state index contributed by atoms with van der Waals surface area (Å²) in [4.78, 5) is 30.9. The fourth-order valence-electron chi connectivity index (χ4n) is 3.19.